The molecule has 76 valence electrons. The van der Waals surface area contributed by atoms with Gasteiger partial charge in [-0.25, -0.2) is 4.98 Å². The first-order valence-electron chi connectivity index (χ1n) is 4.40. The lowest BCUT2D eigenvalue weighted by molar-refractivity contribution is 0.122. The number of thiazole rings is 1. The number of ether oxygens (including phenoxy) is 1. The van der Waals surface area contributed by atoms with E-state index in [0.29, 0.717) is 5.69 Å². The van der Waals surface area contributed by atoms with Crippen molar-refractivity contribution in [1.82, 2.24) is 4.98 Å². The molecule has 1 fully saturated rings. The van der Waals surface area contributed by atoms with Crippen LogP contribution in [0.25, 0.3) is 0 Å². The molecule has 14 heavy (non-hydrogen) atoms. The lowest BCUT2D eigenvalue weighted by atomic mass is 10.4. The Bertz CT molecular complexity index is 332. The van der Waals surface area contributed by atoms with E-state index in [4.69, 9.17) is 15.9 Å². The van der Waals surface area contributed by atoms with Gasteiger partial charge in [-0.1, -0.05) is 0 Å². The van der Waals surface area contributed by atoms with Gasteiger partial charge in [-0.3, -0.25) is 5.41 Å². The maximum absolute atomic E-state index is 7.24. The quantitative estimate of drug-likeness (QED) is 0.545. The number of aromatic nitrogens is 1. The van der Waals surface area contributed by atoms with Crippen LogP contribution in [0, 0.1) is 5.41 Å². The molecule has 6 heteroatoms. The van der Waals surface area contributed by atoms with Crippen molar-refractivity contribution in [3.63, 3.8) is 0 Å². The Morgan fingerprint density at radius 3 is 2.86 bits per heavy atom. The summed E-state index contributed by atoms with van der Waals surface area (Å²) < 4.78 is 5.24. The Balaban J connectivity index is 2.11. The summed E-state index contributed by atoms with van der Waals surface area (Å²) in [4.78, 5) is 6.43. The Morgan fingerprint density at radius 1 is 1.57 bits per heavy atom. The molecule has 1 aromatic heterocycles. The average Bonchev–Trinajstić information content (AvgIpc) is 2.68. The number of amidine groups is 1. The van der Waals surface area contributed by atoms with Crippen LogP contribution in [0.2, 0.25) is 0 Å². The molecule has 1 saturated heterocycles. The van der Waals surface area contributed by atoms with E-state index in [1.54, 1.807) is 0 Å². The molecule has 1 aliphatic rings. The summed E-state index contributed by atoms with van der Waals surface area (Å²) >= 11 is 1.52. The van der Waals surface area contributed by atoms with Crippen LogP contribution in [0.5, 0.6) is 0 Å². The fraction of sp³-hybridized carbons (Fsp3) is 0.500. The standard InChI is InChI=1S/C8H12N4OS/c9-7(10)6-5-14-8(11-6)12-1-3-13-4-2-12/h5H,1-4H2,(H3,9,10). The third-order valence-corrected chi connectivity index (χ3v) is 2.95. The van der Waals surface area contributed by atoms with Crippen molar-refractivity contribution < 1.29 is 4.74 Å². The van der Waals surface area contributed by atoms with Crippen molar-refractivity contribution in [1.29, 1.82) is 5.41 Å². The van der Waals surface area contributed by atoms with E-state index in [2.05, 4.69) is 9.88 Å². The van der Waals surface area contributed by atoms with Gasteiger partial charge in [-0.15, -0.1) is 11.3 Å². The second kappa shape index (κ2) is 3.93. The highest BCUT2D eigenvalue weighted by Crippen LogP contribution is 2.20. The number of hydrogen-bond donors (Lipinski definition) is 2. The van der Waals surface area contributed by atoms with Crippen molar-refractivity contribution in [3.8, 4) is 0 Å². The zero-order valence-corrected chi connectivity index (χ0v) is 8.51. The number of morpholine rings is 1. The Hall–Kier alpha value is -1.14. The number of rotatable bonds is 2. The topological polar surface area (TPSA) is 75.2 Å². The van der Waals surface area contributed by atoms with E-state index >= 15 is 0 Å². The molecule has 0 atom stereocenters. The Labute approximate surface area is 86.0 Å². The predicted octanol–water partition coefficient (Wildman–Crippen LogP) is 0.264. The summed E-state index contributed by atoms with van der Waals surface area (Å²) in [5.41, 5.74) is 5.91. The average molecular weight is 212 g/mol. The van der Waals surface area contributed by atoms with Gasteiger partial charge in [0.1, 0.15) is 11.5 Å². The molecule has 2 rings (SSSR count). The van der Waals surface area contributed by atoms with E-state index in [1.807, 2.05) is 5.38 Å². The van der Waals surface area contributed by atoms with E-state index < -0.39 is 0 Å². The summed E-state index contributed by atoms with van der Waals surface area (Å²) in [7, 11) is 0. The van der Waals surface area contributed by atoms with Gasteiger partial charge >= 0.3 is 0 Å². The molecule has 2 heterocycles. The van der Waals surface area contributed by atoms with Gasteiger partial charge in [0.15, 0.2) is 5.13 Å². The van der Waals surface area contributed by atoms with E-state index in [1.165, 1.54) is 11.3 Å². The van der Waals surface area contributed by atoms with Gasteiger partial charge in [0.25, 0.3) is 0 Å². The minimum atomic E-state index is 0.0285. The number of nitrogens with two attached hydrogens (primary N) is 1. The molecule has 0 bridgehead atoms. The van der Waals surface area contributed by atoms with Crippen molar-refractivity contribution in [2.24, 2.45) is 5.73 Å². The molecule has 0 saturated carbocycles. The van der Waals surface area contributed by atoms with Crippen molar-refractivity contribution in [2.45, 2.75) is 0 Å². The normalized spacial score (nSPS) is 17.0. The maximum Gasteiger partial charge on any atom is 0.186 e. The van der Waals surface area contributed by atoms with E-state index in [9.17, 15) is 0 Å². The van der Waals surface area contributed by atoms with Crippen LogP contribution in [-0.2, 0) is 4.74 Å². The predicted molar refractivity (Wildman–Crippen MR) is 56.2 cm³/mol. The monoisotopic (exact) mass is 212 g/mol. The SMILES string of the molecule is N=C(N)c1csc(N2CCOCC2)n1. The van der Waals surface area contributed by atoms with Gasteiger partial charge in [0.05, 0.1) is 13.2 Å². The molecule has 1 aromatic rings. The first-order chi connectivity index (χ1) is 6.77. The number of nitrogens with one attached hydrogen (secondary N) is 1. The molecule has 0 spiro atoms. The van der Waals surface area contributed by atoms with Crippen molar-refractivity contribution >= 4 is 22.3 Å². The highest BCUT2D eigenvalue weighted by Gasteiger charge is 2.14. The molecular formula is C8H12N4OS. The molecule has 0 aromatic carbocycles. The van der Waals surface area contributed by atoms with Crippen LogP contribution in [0.3, 0.4) is 0 Å². The Morgan fingerprint density at radius 2 is 2.29 bits per heavy atom. The molecule has 0 aliphatic carbocycles. The second-order valence-corrected chi connectivity index (χ2v) is 3.86. The van der Waals surface area contributed by atoms with E-state index in [-0.39, 0.29) is 5.84 Å². The number of hydrogen-bond acceptors (Lipinski definition) is 5. The van der Waals surface area contributed by atoms with Crippen LogP contribution in [0.1, 0.15) is 5.69 Å². The lowest BCUT2D eigenvalue weighted by Gasteiger charge is -2.25. The van der Waals surface area contributed by atoms with Gasteiger partial charge in [-0.2, -0.15) is 0 Å². The third kappa shape index (κ3) is 1.85. The van der Waals surface area contributed by atoms with Crippen LogP contribution in [-0.4, -0.2) is 37.1 Å². The molecule has 3 N–H and O–H groups in total. The zero-order chi connectivity index (χ0) is 9.97. The minimum Gasteiger partial charge on any atom is -0.382 e. The third-order valence-electron chi connectivity index (χ3n) is 2.05. The molecule has 0 radical (unpaired) electrons. The van der Waals surface area contributed by atoms with Crippen LogP contribution in [0.15, 0.2) is 5.38 Å². The number of nitrogens with zero attached hydrogens (tertiary/aromatic N) is 2. The molecule has 0 amide bonds. The summed E-state index contributed by atoms with van der Waals surface area (Å²) in [6.45, 7) is 3.22. The minimum absolute atomic E-state index is 0.0285. The fourth-order valence-electron chi connectivity index (χ4n) is 1.29. The van der Waals surface area contributed by atoms with Crippen molar-refractivity contribution in [3.05, 3.63) is 11.1 Å². The first-order valence-corrected chi connectivity index (χ1v) is 5.28. The molecule has 1 aliphatic heterocycles. The summed E-state index contributed by atoms with van der Waals surface area (Å²) in [6, 6.07) is 0. The molecule has 5 nitrogen and oxygen atoms in total. The number of anilines is 1. The van der Waals surface area contributed by atoms with Gasteiger partial charge < -0.3 is 15.4 Å². The lowest BCUT2D eigenvalue weighted by Crippen LogP contribution is -2.36. The molecule has 0 unspecified atom stereocenters. The largest absolute Gasteiger partial charge is 0.382 e. The highest BCUT2D eigenvalue weighted by atomic mass is 32.1. The Kier molecular flexibility index (Phi) is 2.64. The fourth-order valence-corrected chi connectivity index (χ4v) is 2.17. The zero-order valence-electron chi connectivity index (χ0n) is 7.69. The first kappa shape index (κ1) is 9.42. The smallest absolute Gasteiger partial charge is 0.186 e. The summed E-state index contributed by atoms with van der Waals surface area (Å²) in [5, 5.41) is 9.98. The maximum atomic E-state index is 7.24. The van der Waals surface area contributed by atoms with Gasteiger partial charge in [0, 0.05) is 18.5 Å². The second-order valence-electron chi connectivity index (χ2n) is 3.03. The van der Waals surface area contributed by atoms with Crippen LogP contribution < -0.4 is 10.6 Å². The van der Waals surface area contributed by atoms with Gasteiger partial charge in [-0.05, 0) is 0 Å². The summed E-state index contributed by atoms with van der Waals surface area (Å²) in [6.07, 6.45) is 0. The molecular weight excluding hydrogens is 200 g/mol. The van der Waals surface area contributed by atoms with Crippen LogP contribution in [0.4, 0.5) is 5.13 Å². The van der Waals surface area contributed by atoms with Crippen LogP contribution >= 0.6 is 11.3 Å². The van der Waals surface area contributed by atoms with Gasteiger partial charge in [0.2, 0.25) is 0 Å². The summed E-state index contributed by atoms with van der Waals surface area (Å²) in [5.74, 6) is 0.0285. The highest BCUT2D eigenvalue weighted by molar-refractivity contribution is 7.13. The number of nitrogen functional groups attached to an aromatic ring is 1. The van der Waals surface area contributed by atoms with Crippen molar-refractivity contribution in [2.75, 3.05) is 31.2 Å². The van der Waals surface area contributed by atoms with E-state index in [0.717, 1.165) is 31.4 Å².